The van der Waals surface area contributed by atoms with Gasteiger partial charge in [-0.3, -0.25) is 9.29 Å². The Bertz CT molecular complexity index is 941. The lowest BCUT2D eigenvalue weighted by Gasteiger charge is -2.09. The maximum absolute atomic E-state index is 13.2. The number of nitrogens with zero attached hydrogens (tertiary/aromatic N) is 4. The van der Waals surface area contributed by atoms with Gasteiger partial charge in [-0.15, -0.1) is 0 Å². The summed E-state index contributed by atoms with van der Waals surface area (Å²) in [6.07, 6.45) is 5.87. The van der Waals surface area contributed by atoms with Crippen molar-refractivity contribution < 1.29 is 17.2 Å². The zero-order valence-electron chi connectivity index (χ0n) is 12.1. The lowest BCUT2D eigenvalue weighted by Crippen LogP contribution is -2.16. The van der Waals surface area contributed by atoms with E-state index < -0.39 is 27.4 Å². The van der Waals surface area contributed by atoms with Gasteiger partial charge in [-0.05, 0) is 17.7 Å². The SMILES string of the molecule is O=S(=O)(Cc1cc(F)cc(F)c1)Nc1cc(-n2ccnc2)ncn1. The van der Waals surface area contributed by atoms with Gasteiger partial charge in [0.15, 0.2) is 0 Å². The molecule has 3 aromatic rings. The lowest BCUT2D eigenvalue weighted by molar-refractivity contribution is 0.579. The van der Waals surface area contributed by atoms with Crippen LogP contribution >= 0.6 is 0 Å². The first-order valence-corrected chi connectivity index (χ1v) is 8.32. The molecule has 1 aromatic carbocycles. The Morgan fingerprint density at radius 3 is 2.50 bits per heavy atom. The highest BCUT2D eigenvalue weighted by Crippen LogP contribution is 2.15. The van der Waals surface area contributed by atoms with Crippen LogP contribution in [0.5, 0.6) is 0 Å². The van der Waals surface area contributed by atoms with Crippen LogP contribution in [0.25, 0.3) is 5.82 Å². The van der Waals surface area contributed by atoms with Gasteiger partial charge in [0.25, 0.3) is 0 Å². The van der Waals surface area contributed by atoms with Gasteiger partial charge in [-0.1, -0.05) is 0 Å². The van der Waals surface area contributed by atoms with Crippen LogP contribution in [0.2, 0.25) is 0 Å². The number of nitrogens with one attached hydrogen (secondary N) is 1. The molecular weight excluding hydrogens is 340 g/mol. The summed E-state index contributed by atoms with van der Waals surface area (Å²) in [4.78, 5) is 11.7. The van der Waals surface area contributed by atoms with E-state index >= 15 is 0 Å². The molecule has 0 spiro atoms. The van der Waals surface area contributed by atoms with E-state index in [2.05, 4.69) is 19.7 Å². The number of imidazole rings is 1. The topological polar surface area (TPSA) is 89.8 Å². The maximum Gasteiger partial charge on any atom is 0.238 e. The Morgan fingerprint density at radius 2 is 1.83 bits per heavy atom. The Balaban J connectivity index is 1.80. The van der Waals surface area contributed by atoms with E-state index in [4.69, 9.17) is 0 Å². The quantitative estimate of drug-likeness (QED) is 0.758. The normalized spacial score (nSPS) is 11.4. The van der Waals surface area contributed by atoms with Crippen molar-refractivity contribution in [3.63, 3.8) is 0 Å². The molecule has 0 radical (unpaired) electrons. The van der Waals surface area contributed by atoms with Gasteiger partial charge in [0.2, 0.25) is 10.0 Å². The molecule has 0 aliphatic rings. The first-order chi connectivity index (χ1) is 11.4. The number of hydrogen-bond acceptors (Lipinski definition) is 5. The van der Waals surface area contributed by atoms with Crippen LogP contribution in [0.1, 0.15) is 5.56 Å². The molecule has 1 N–H and O–H groups in total. The van der Waals surface area contributed by atoms with Crippen LogP contribution in [-0.4, -0.2) is 27.9 Å². The number of rotatable bonds is 5. The molecule has 0 amide bonds. The monoisotopic (exact) mass is 351 g/mol. The third-order valence-corrected chi connectivity index (χ3v) is 4.19. The van der Waals surface area contributed by atoms with E-state index in [9.17, 15) is 17.2 Å². The van der Waals surface area contributed by atoms with Gasteiger partial charge in [0, 0.05) is 24.5 Å². The van der Waals surface area contributed by atoms with E-state index in [1.54, 1.807) is 17.0 Å². The van der Waals surface area contributed by atoms with Crippen molar-refractivity contribution in [2.24, 2.45) is 0 Å². The van der Waals surface area contributed by atoms with Gasteiger partial charge < -0.3 is 0 Å². The number of aromatic nitrogens is 4. The fraction of sp³-hybridized carbons (Fsp3) is 0.0714. The minimum absolute atomic E-state index is 0.0103. The molecule has 10 heteroatoms. The Hall–Kier alpha value is -2.88. The minimum atomic E-state index is -3.91. The molecule has 0 aliphatic carbocycles. The van der Waals surface area contributed by atoms with Crippen molar-refractivity contribution in [3.05, 3.63) is 66.5 Å². The highest BCUT2D eigenvalue weighted by Gasteiger charge is 2.15. The summed E-state index contributed by atoms with van der Waals surface area (Å²) >= 11 is 0. The van der Waals surface area contributed by atoms with Gasteiger partial charge in [0.1, 0.15) is 35.9 Å². The number of anilines is 1. The second kappa shape index (κ2) is 6.32. The van der Waals surface area contributed by atoms with E-state index in [1.165, 1.54) is 18.7 Å². The van der Waals surface area contributed by atoms with Crippen LogP contribution in [0.15, 0.2) is 49.3 Å². The second-order valence-corrected chi connectivity index (χ2v) is 6.59. The molecule has 0 saturated carbocycles. The summed E-state index contributed by atoms with van der Waals surface area (Å²) in [5, 5.41) is 0. The van der Waals surface area contributed by atoms with E-state index in [1.807, 2.05) is 0 Å². The molecule has 0 atom stereocenters. The third kappa shape index (κ3) is 3.90. The van der Waals surface area contributed by atoms with Crippen molar-refractivity contribution in [2.75, 3.05) is 4.72 Å². The number of halogens is 2. The summed E-state index contributed by atoms with van der Waals surface area (Å²) in [6.45, 7) is 0. The first kappa shape index (κ1) is 16.0. The Morgan fingerprint density at radius 1 is 1.08 bits per heavy atom. The Kier molecular flexibility index (Phi) is 4.21. The zero-order chi connectivity index (χ0) is 17.2. The van der Waals surface area contributed by atoms with Crippen LogP contribution < -0.4 is 4.72 Å². The second-order valence-electron chi connectivity index (χ2n) is 4.87. The molecule has 0 bridgehead atoms. The lowest BCUT2D eigenvalue weighted by atomic mass is 10.2. The summed E-state index contributed by atoms with van der Waals surface area (Å²) in [7, 11) is -3.91. The standard InChI is InChI=1S/C14H11F2N5O2S/c15-11-3-10(4-12(16)5-11)7-24(22,23)20-13-6-14(19-8-18-13)21-2-1-17-9-21/h1-6,8-9H,7H2,(H,18,19,20). The highest BCUT2D eigenvalue weighted by molar-refractivity contribution is 7.91. The minimum Gasteiger partial charge on any atom is -0.290 e. The summed E-state index contributed by atoms with van der Waals surface area (Å²) in [5.74, 6) is -1.83. The predicted octanol–water partition coefficient (Wildman–Crippen LogP) is 1.88. The number of hydrogen-bond donors (Lipinski definition) is 1. The summed E-state index contributed by atoms with van der Waals surface area (Å²) in [6, 6.07) is 4.00. The average molecular weight is 351 g/mol. The molecule has 0 fully saturated rings. The van der Waals surface area contributed by atoms with Crippen LogP contribution in [-0.2, 0) is 15.8 Å². The molecule has 2 heterocycles. The third-order valence-electron chi connectivity index (χ3n) is 2.96. The molecule has 0 aliphatic heterocycles. The van der Waals surface area contributed by atoms with Crippen LogP contribution in [0.4, 0.5) is 14.6 Å². The van der Waals surface area contributed by atoms with Crippen molar-refractivity contribution in [3.8, 4) is 5.82 Å². The molecule has 24 heavy (non-hydrogen) atoms. The largest absolute Gasteiger partial charge is 0.290 e. The van der Waals surface area contributed by atoms with Gasteiger partial charge >= 0.3 is 0 Å². The van der Waals surface area contributed by atoms with E-state index in [0.717, 1.165) is 12.1 Å². The highest BCUT2D eigenvalue weighted by atomic mass is 32.2. The predicted molar refractivity (Wildman–Crippen MR) is 81.8 cm³/mol. The van der Waals surface area contributed by atoms with Crippen molar-refractivity contribution >= 4 is 15.8 Å². The molecule has 2 aromatic heterocycles. The average Bonchev–Trinajstić information content (AvgIpc) is 2.99. The van der Waals surface area contributed by atoms with Crippen LogP contribution in [0, 0.1) is 11.6 Å². The molecule has 3 rings (SSSR count). The maximum atomic E-state index is 13.2. The van der Waals surface area contributed by atoms with Crippen molar-refractivity contribution in [1.82, 2.24) is 19.5 Å². The van der Waals surface area contributed by atoms with Crippen LogP contribution in [0.3, 0.4) is 0 Å². The van der Waals surface area contributed by atoms with Gasteiger partial charge in [-0.2, -0.15) is 0 Å². The van der Waals surface area contributed by atoms with Crippen molar-refractivity contribution in [1.29, 1.82) is 0 Å². The van der Waals surface area contributed by atoms with Gasteiger partial charge in [-0.25, -0.2) is 32.2 Å². The molecule has 124 valence electrons. The molecule has 0 unspecified atom stereocenters. The number of sulfonamides is 1. The fourth-order valence-electron chi connectivity index (χ4n) is 2.05. The molecule has 7 nitrogen and oxygen atoms in total. The fourth-order valence-corrected chi connectivity index (χ4v) is 3.16. The van der Waals surface area contributed by atoms with E-state index in [-0.39, 0.29) is 11.4 Å². The zero-order valence-corrected chi connectivity index (χ0v) is 12.9. The first-order valence-electron chi connectivity index (χ1n) is 6.67. The Labute approximate surface area is 136 Å². The van der Waals surface area contributed by atoms with Gasteiger partial charge in [0.05, 0.1) is 5.75 Å². The molecular formula is C14H11F2N5O2S. The number of benzene rings is 1. The smallest absolute Gasteiger partial charge is 0.238 e. The molecule has 0 saturated heterocycles. The summed E-state index contributed by atoms with van der Waals surface area (Å²) < 4.78 is 54.4. The van der Waals surface area contributed by atoms with Crippen molar-refractivity contribution in [2.45, 2.75) is 5.75 Å². The summed E-state index contributed by atoms with van der Waals surface area (Å²) in [5.41, 5.74) is -0.0103. The van der Waals surface area contributed by atoms with E-state index in [0.29, 0.717) is 11.9 Å².